The topological polar surface area (TPSA) is 97.5 Å². The van der Waals surface area contributed by atoms with Crippen LogP contribution in [0.3, 0.4) is 0 Å². The Kier molecular flexibility index (Phi) is 8.27. The molecule has 2 atom stereocenters. The highest BCUT2D eigenvalue weighted by atomic mass is 19.1. The van der Waals surface area contributed by atoms with Crippen molar-refractivity contribution in [2.45, 2.75) is 65.3 Å². The molecule has 2 aromatic heterocycles. The van der Waals surface area contributed by atoms with E-state index < -0.39 is 5.82 Å². The van der Waals surface area contributed by atoms with E-state index in [4.69, 9.17) is 9.98 Å². The highest BCUT2D eigenvalue weighted by Gasteiger charge is 2.41. The van der Waals surface area contributed by atoms with Crippen LogP contribution in [0.2, 0.25) is 0 Å². The molecule has 1 N–H and O–H groups in total. The van der Waals surface area contributed by atoms with E-state index in [0.717, 1.165) is 63.2 Å². The number of likely N-dealkylation sites (N-methyl/N-ethyl adjacent to an activating group) is 1. The van der Waals surface area contributed by atoms with Crippen molar-refractivity contribution in [3.63, 3.8) is 0 Å². The number of piperazine rings is 1. The van der Waals surface area contributed by atoms with Crippen molar-refractivity contribution < 1.29 is 4.39 Å². The molecule has 2 aromatic rings. The van der Waals surface area contributed by atoms with E-state index in [0.29, 0.717) is 11.9 Å². The maximum absolute atomic E-state index is 15.0. The Morgan fingerprint density at radius 2 is 1.79 bits per heavy atom. The van der Waals surface area contributed by atoms with Gasteiger partial charge in [-0.2, -0.15) is 0 Å². The van der Waals surface area contributed by atoms with Crippen molar-refractivity contribution in [2.24, 2.45) is 20.9 Å². The first kappa shape index (κ1) is 27.3. The van der Waals surface area contributed by atoms with Crippen molar-refractivity contribution in [2.75, 3.05) is 38.5 Å². The number of pyridine rings is 1. The first-order valence-electron chi connectivity index (χ1n) is 14.0. The maximum Gasteiger partial charge on any atom is 0.229 e. The molecule has 208 valence electrons. The van der Waals surface area contributed by atoms with Gasteiger partial charge in [0.2, 0.25) is 5.95 Å². The van der Waals surface area contributed by atoms with Crippen LogP contribution in [0.4, 0.5) is 16.2 Å². The minimum atomic E-state index is -0.567. The molecule has 0 spiro atoms. The fourth-order valence-electron chi connectivity index (χ4n) is 5.35. The summed E-state index contributed by atoms with van der Waals surface area (Å²) < 4.78 is 15.0. The molecule has 0 aromatic carbocycles. The lowest BCUT2D eigenvalue weighted by Crippen LogP contribution is -2.48. The fraction of sp³-hybridized carbons (Fsp3) is 0.571. The predicted octanol–water partition coefficient (Wildman–Crippen LogP) is 3.59. The van der Waals surface area contributed by atoms with Gasteiger partial charge in [-0.15, -0.1) is 0 Å². The molecule has 5 rings (SSSR count). The zero-order valence-electron chi connectivity index (χ0n) is 23.5. The predicted molar refractivity (Wildman–Crippen MR) is 153 cm³/mol. The summed E-state index contributed by atoms with van der Waals surface area (Å²) in [7, 11) is 2.15. The number of anilines is 2. The molecule has 2 unspecified atom stereocenters. The minimum Gasteiger partial charge on any atom is -0.333 e. The Labute approximate surface area is 230 Å². The summed E-state index contributed by atoms with van der Waals surface area (Å²) in [6.45, 7) is 13.8. The number of rotatable bonds is 9. The number of hydrogen-bond acceptors (Lipinski definition) is 10. The van der Waals surface area contributed by atoms with Crippen molar-refractivity contribution in [3.05, 3.63) is 41.6 Å². The number of fused-ring (bicyclic) bond motifs is 1. The van der Waals surface area contributed by atoms with Crippen LogP contribution in [0.1, 0.15) is 51.8 Å². The van der Waals surface area contributed by atoms with Crippen LogP contribution in [-0.4, -0.2) is 99.0 Å². The van der Waals surface area contributed by atoms with Gasteiger partial charge in [0.05, 0.1) is 6.20 Å². The fourth-order valence-corrected chi connectivity index (χ4v) is 5.35. The van der Waals surface area contributed by atoms with Gasteiger partial charge in [-0.3, -0.25) is 9.89 Å². The van der Waals surface area contributed by atoms with E-state index in [-0.39, 0.29) is 35.6 Å². The van der Waals surface area contributed by atoms with Gasteiger partial charge in [0.25, 0.3) is 0 Å². The molecule has 0 aliphatic carbocycles. The summed E-state index contributed by atoms with van der Waals surface area (Å²) in [5.74, 6) is 1.81. The van der Waals surface area contributed by atoms with Crippen molar-refractivity contribution in [3.8, 4) is 0 Å². The second-order valence-electron chi connectivity index (χ2n) is 10.8. The van der Waals surface area contributed by atoms with Gasteiger partial charge >= 0.3 is 0 Å². The second kappa shape index (κ2) is 11.8. The van der Waals surface area contributed by atoms with Crippen LogP contribution in [0.25, 0.3) is 0 Å². The van der Waals surface area contributed by atoms with Gasteiger partial charge in [0, 0.05) is 57.1 Å². The summed E-state index contributed by atoms with van der Waals surface area (Å²) in [5, 5.41) is 3.10. The van der Waals surface area contributed by atoms with E-state index in [1.54, 1.807) is 6.21 Å². The highest BCUT2D eigenvalue weighted by molar-refractivity contribution is 6.05. The third-order valence-corrected chi connectivity index (χ3v) is 7.62. The Morgan fingerprint density at radius 1 is 1.03 bits per heavy atom. The molecule has 0 radical (unpaired) electrons. The molecule has 0 amide bonds. The normalized spacial score (nSPS) is 21.9. The largest absolute Gasteiger partial charge is 0.333 e. The van der Waals surface area contributed by atoms with Gasteiger partial charge < -0.3 is 15.1 Å². The molecule has 1 saturated heterocycles. The summed E-state index contributed by atoms with van der Waals surface area (Å²) in [6.07, 6.45) is 6.49. The molecule has 1 fully saturated rings. The Balaban J connectivity index is 1.32. The minimum absolute atomic E-state index is 0.0661. The third-order valence-electron chi connectivity index (χ3n) is 7.62. The summed E-state index contributed by atoms with van der Waals surface area (Å²) >= 11 is 0. The zero-order valence-corrected chi connectivity index (χ0v) is 23.5. The number of nitrogens with zero attached hydrogens (tertiary/aromatic N) is 9. The van der Waals surface area contributed by atoms with Crippen LogP contribution in [0.5, 0.6) is 0 Å². The molecule has 11 heteroatoms. The summed E-state index contributed by atoms with van der Waals surface area (Å²) in [4.78, 5) is 34.4. The first-order valence-corrected chi connectivity index (χ1v) is 14.0. The first-order chi connectivity index (χ1) is 18.9. The summed E-state index contributed by atoms with van der Waals surface area (Å²) in [5.41, 5.74) is 1.21. The molecular weight excluding hydrogens is 495 g/mol. The maximum atomic E-state index is 15.0. The van der Waals surface area contributed by atoms with E-state index in [2.05, 4.69) is 74.7 Å². The molecule has 3 aliphatic heterocycles. The Hall–Kier alpha value is -3.31. The highest BCUT2D eigenvalue weighted by Crippen LogP contribution is 2.30. The number of aromatic nitrogens is 3. The van der Waals surface area contributed by atoms with Crippen LogP contribution in [-0.2, 0) is 6.54 Å². The standard InChI is InChI=1S/C28H39FN10/c1-6-20(7-2)39-26(18(3)4)33-22-16-31-25(36-27(22)39)24-21(29)15-32-28(35-24)34-23-9-8-19(14-30-23)17-38-12-10-37(5)11-13-38/h8-9,14-16,18,20,22,27H,6-7,10-13,17H2,1-5H3,(H,30,32,34,35). The lowest BCUT2D eigenvalue weighted by Gasteiger charge is -2.36. The number of hydrogen-bond donors (Lipinski definition) is 1. The van der Waals surface area contributed by atoms with Gasteiger partial charge in [-0.25, -0.2) is 29.3 Å². The number of amidine groups is 2. The van der Waals surface area contributed by atoms with Crippen LogP contribution >= 0.6 is 0 Å². The molecule has 10 nitrogen and oxygen atoms in total. The van der Waals surface area contributed by atoms with E-state index in [9.17, 15) is 4.39 Å². The molecule has 0 saturated carbocycles. The van der Waals surface area contributed by atoms with Crippen molar-refractivity contribution >= 4 is 29.7 Å². The number of nitrogens with one attached hydrogen (secondary N) is 1. The zero-order chi connectivity index (χ0) is 27.5. The Morgan fingerprint density at radius 3 is 2.46 bits per heavy atom. The van der Waals surface area contributed by atoms with Crippen molar-refractivity contribution in [1.29, 1.82) is 0 Å². The molecule has 5 heterocycles. The van der Waals surface area contributed by atoms with Crippen LogP contribution in [0, 0.1) is 11.7 Å². The van der Waals surface area contributed by atoms with Gasteiger partial charge in [-0.05, 0) is 31.5 Å². The third kappa shape index (κ3) is 5.99. The van der Waals surface area contributed by atoms with E-state index in [1.165, 1.54) is 0 Å². The SMILES string of the molecule is CCC(CC)N1C(C(C)C)=NC2C=NC(c3nc(Nc4ccc(CN5CCN(C)CC5)cn4)ncc3F)=NC21. The van der Waals surface area contributed by atoms with E-state index >= 15 is 0 Å². The Bertz CT molecular complexity index is 1230. The number of halogens is 1. The van der Waals surface area contributed by atoms with Gasteiger partial charge in [0.15, 0.2) is 17.8 Å². The van der Waals surface area contributed by atoms with Crippen LogP contribution < -0.4 is 5.32 Å². The average Bonchev–Trinajstić information content (AvgIpc) is 3.32. The monoisotopic (exact) mass is 534 g/mol. The molecule has 0 bridgehead atoms. The lowest BCUT2D eigenvalue weighted by atomic mass is 10.1. The summed E-state index contributed by atoms with van der Waals surface area (Å²) in [6, 6.07) is 4.07. The molecule has 3 aliphatic rings. The van der Waals surface area contributed by atoms with Crippen LogP contribution in [0.15, 0.2) is 39.5 Å². The quantitative estimate of drug-likeness (QED) is 0.525. The second-order valence-corrected chi connectivity index (χ2v) is 10.8. The smallest absolute Gasteiger partial charge is 0.229 e. The molecular formula is C28H39FN10. The van der Waals surface area contributed by atoms with E-state index in [1.807, 2.05) is 18.3 Å². The van der Waals surface area contributed by atoms with Gasteiger partial charge in [0.1, 0.15) is 23.4 Å². The lowest BCUT2D eigenvalue weighted by molar-refractivity contribution is 0.148. The average molecular weight is 535 g/mol. The molecule has 39 heavy (non-hydrogen) atoms. The van der Waals surface area contributed by atoms with Crippen molar-refractivity contribution in [1.82, 2.24) is 29.7 Å². The van der Waals surface area contributed by atoms with Gasteiger partial charge in [-0.1, -0.05) is 33.8 Å². The number of aliphatic imine (C=N–C) groups is 3.